The van der Waals surface area contributed by atoms with Crippen molar-refractivity contribution in [3.8, 4) is 10.7 Å². The van der Waals surface area contributed by atoms with Crippen LogP contribution in [0.25, 0.3) is 21.7 Å². The average Bonchev–Trinajstić information content (AvgIpc) is 3.41. The molecule has 1 aromatic carbocycles. The summed E-state index contributed by atoms with van der Waals surface area (Å²) in [6.07, 6.45) is 7.49. The zero-order chi connectivity index (χ0) is 20.7. The van der Waals surface area contributed by atoms with E-state index < -0.39 is 0 Å². The Morgan fingerprint density at radius 2 is 1.97 bits per heavy atom. The molecule has 0 bridgehead atoms. The molecule has 1 unspecified atom stereocenters. The Hall–Kier alpha value is -2.41. The SMILES string of the molecule is CC1CCN(c2ccc3c(-c4ncc(C(=O)N5CCCCC5C)s4)noc3c2)CC1. The molecule has 5 rings (SSSR count). The standard InChI is InChI=1S/C23H28N4O2S/c1-15-8-11-26(12-9-15)17-6-7-18-19(13-17)29-25-21(18)22-24-14-20(30-22)23(28)27-10-4-3-5-16(27)2/h6-7,13-16H,3-5,8-12H2,1-2H3. The van der Waals surface area contributed by atoms with E-state index in [1.165, 1.54) is 36.3 Å². The van der Waals surface area contributed by atoms with Gasteiger partial charge in [-0.1, -0.05) is 12.1 Å². The zero-order valence-electron chi connectivity index (χ0n) is 17.6. The van der Waals surface area contributed by atoms with Crippen molar-refractivity contribution in [3.05, 3.63) is 29.3 Å². The van der Waals surface area contributed by atoms with Crippen molar-refractivity contribution in [3.63, 3.8) is 0 Å². The molecule has 2 fully saturated rings. The van der Waals surface area contributed by atoms with Crippen LogP contribution in [-0.4, -0.2) is 46.6 Å². The highest BCUT2D eigenvalue weighted by Crippen LogP contribution is 2.34. The quantitative estimate of drug-likeness (QED) is 0.578. The first-order valence-corrected chi connectivity index (χ1v) is 11.8. The van der Waals surface area contributed by atoms with Crippen LogP contribution in [0.4, 0.5) is 5.69 Å². The van der Waals surface area contributed by atoms with Gasteiger partial charge >= 0.3 is 0 Å². The highest BCUT2D eigenvalue weighted by Gasteiger charge is 2.26. The average molecular weight is 425 g/mol. The fraction of sp³-hybridized carbons (Fsp3) is 0.522. The molecule has 0 N–H and O–H groups in total. The minimum Gasteiger partial charge on any atom is -0.371 e. The molecule has 7 heteroatoms. The third-order valence-electron chi connectivity index (χ3n) is 6.59. The number of amides is 1. The van der Waals surface area contributed by atoms with Crippen molar-refractivity contribution >= 4 is 33.9 Å². The maximum Gasteiger partial charge on any atom is 0.265 e. The van der Waals surface area contributed by atoms with E-state index >= 15 is 0 Å². The van der Waals surface area contributed by atoms with Crippen LogP contribution in [0.5, 0.6) is 0 Å². The largest absolute Gasteiger partial charge is 0.371 e. The van der Waals surface area contributed by atoms with Crippen molar-refractivity contribution in [2.45, 2.75) is 52.0 Å². The molecule has 3 aromatic rings. The Morgan fingerprint density at radius 3 is 2.77 bits per heavy atom. The van der Waals surface area contributed by atoms with Gasteiger partial charge in [0.2, 0.25) is 0 Å². The summed E-state index contributed by atoms with van der Waals surface area (Å²) < 4.78 is 5.65. The van der Waals surface area contributed by atoms with Gasteiger partial charge in [0.15, 0.2) is 5.58 Å². The normalized spacial score (nSPS) is 20.8. The predicted molar refractivity (Wildman–Crippen MR) is 120 cm³/mol. The second-order valence-corrected chi connectivity index (χ2v) is 9.78. The van der Waals surface area contributed by atoms with Crippen LogP contribution in [0.1, 0.15) is 55.6 Å². The van der Waals surface area contributed by atoms with E-state index in [1.54, 1.807) is 6.20 Å². The molecule has 4 heterocycles. The highest BCUT2D eigenvalue weighted by molar-refractivity contribution is 7.17. The molecule has 2 aromatic heterocycles. The number of benzene rings is 1. The molecule has 0 aliphatic carbocycles. The first-order valence-electron chi connectivity index (χ1n) is 11.0. The fourth-order valence-electron chi connectivity index (χ4n) is 4.57. The summed E-state index contributed by atoms with van der Waals surface area (Å²) >= 11 is 1.41. The predicted octanol–water partition coefficient (Wildman–Crippen LogP) is 5.20. The third kappa shape index (κ3) is 3.60. The molecule has 158 valence electrons. The first-order chi connectivity index (χ1) is 14.6. The Labute approximate surface area is 180 Å². The maximum atomic E-state index is 12.9. The van der Waals surface area contributed by atoms with Crippen LogP contribution >= 0.6 is 11.3 Å². The lowest BCUT2D eigenvalue weighted by Crippen LogP contribution is -2.41. The third-order valence-corrected chi connectivity index (χ3v) is 7.58. The fourth-order valence-corrected chi connectivity index (χ4v) is 5.44. The van der Waals surface area contributed by atoms with Gasteiger partial charge in [0.25, 0.3) is 5.91 Å². The van der Waals surface area contributed by atoms with E-state index in [0.717, 1.165) is 60.1 Å². The van der Waals surface area contributed by atoms with Crippen LogP contribution in [0.15, 0.2) is 28.9 Å². The number of likely N-dealkylation sites (tertiary alicyclic amines) is 1. The summed E-state index contributed by atoms with van der Waals surface area (Å²) in [5.74, 6) is 0.886. The van der Waals surface area contributed by atoms with Gasteiger partial charge < -0.3 is 14.3 Å². The van der Waals surface area contributed by atoms with Crippen molar-refractivity contribution < 1.29 is 9.32 Å². The first kappa shape index (κ1) is 19.5. The molecule has 1 atom stereocenters. The summed E-state index contributed by atoms with van der Waals surface area (Å²) in [4.78, 5) is 22.5. The van der Waals surface area contributed by atoms with Gasteiger partial charge in [-0.05, 0) is 57.1 Å². The molecule has 0 saturated carbocycles. The van der Waals surface area contributed by atoms with Gasteiger partial charge in [-0.2, -0.15) is 0 Å². The molecule has 2 aliphatic rings. The molecule has 6 nitrogen and oxygen atoms in total. The lowest BCUT2D eigenvalue weighted by atomic mass is 9.99. The number of anilines is 1. The Balaban J connectivity index is 1.38. The van der Waals surface area contributed by atoms with Crippen LogP contribution in [0, 0.1) is 5.92 Å². The van der Waals surface area contributed by atoms with E-state index in [0.29, 0.717) is 10.9 Å². The number of hydrogen-bond donors (Lipinski definition) is 0. The van der Waals surface area contributed by atoms with E-state index in [-0.39, 0.29) is 5.91 Å². The van der Waals surface area contributed by atoms with Crippen LogP contribution in [0.3, 0.4) is 0 Å². The number of hydrogen-bond acceptors (Lipinski definition) is 6. The molecule has 30 heavy (non-hydrogen) atoms. The summed E-state index contributed by atoms with van der Waals surface area (Å²) in [6.45, 7) is 7.45. The monoisotopic (exact) mass is 424 g/mol. The van der Waals surface area contributed by atoms with Gasteiger partial charge in [-0.15, -0.1) is 11.3 Å². The topological polar surface area (TPSA) is 62.5 Å². The number of fused-ring (bicyclic) bond motifs is 1. The summed E-state index contributed by atoms with van der Waals surface area (Å²) in [7, 11) is 0. The van der Waals surface area contributed by atoms with Crippen molar-refractivity contribution in [1.29, 1.82) is 0 Å². The number of thiazole rings is 1. The second-order valence-electron chi connectivity index (χ2n) is 8.75. The number of rotatable bonds is 3. The summed E-state index contributed by atoms with van der Waals surface area (Å²) in [5.41, 5.74) is 2.68. The molecule has 2 aliphatic heterocycles. The van der Waals surface area contributed by atoms with Crippen molar-refractivity contribution in [2.75, 3.05) is 24.5 Å². The van der Waals surface area contributed by atoms with Crippen LogP contribution in [0.2, 0.25) is 0 Å². The van der Waals surface area contributed by atoms with Gasteiger partial charge in [0, 0.05) is 37.4 Å². The number of carbonyl (C=O) groups excluding carboxylic acids is 1. The number of nitrogens with zero attached hydrogens (tertiary/aromatic N) is 4. The number of carbonyl (C=O) groups is 1. The summed E-state index contributed by atoms with van der Waals surface area (Å²) in [6, 6.07) is 6.59. The second kappa shape index (κ2) is 8.02. The highest BCUT2D eigenvalue weighted by atomic mass is 32.1. The molecule has 0 spiro atoms. The zero-order valence-corrected chi connectivity index (χ0v) is 18.5. The minimum atomic E-state index is 0.0837. The number of aromatic nitrogens is 2. The maximum absolute atomic E-state index is 12.9. The minimum absolute atomic E-state index is 0.0837. The van der Waals surface area contributed by atoms with E-state index in [1.807, 2.05) is 4.90 Å². The molecular formula is C23H28N4O2S. The van der Waals surface area contributed by atoms with Crippen molar-refractivity contribution in [1.82, 2.24) is 15.0 Å². The Kier molecular flexibility index (Phi) is 5.23. The van der Waals surface area contributed by atoms with Gasteiger partial charge in [0.05, 0.1) is 11.6 Å². The Bertz CT molecular complexity index is 1050. The van der Waals surface area contributed by atoms with Gasteiger partial charge in [0.1, 0.15) is 15.6 Å². The Morgan fingerprint density at radius 1 is 1.13 bits per heavy atom. The van der Waals surface area contributed by atoms with E-state index in [4.69, 9.17) is 4.52 Å². The number of piperidine rings is 2. The van der Waals surface area contributed by atoms with Crippen molar-refractivity contribution in [2.24, 2.45) is 5.92 Å². The molecule has 2 saturated heterocycles. The van der Waals surface area contributed by atoms with Gasteiger partial charge in [-0.25, -0.2) is 4.98 Å². The molecular weight excluding hydrogens is 396 g/mol. The smallest absolute Gasteiger partial charge is 0.265 e. The van der Waals surface area contributed by atoms with E-state index in [9.17, 15) is 4.79 Å². The van der Waals surface area contributed by atoms with Crippen LogP contribution in [-0.2, 0) is 0 Å². The summed E-state index contributed by atoms with van der Waals surface area (Å²) in [5, 5.41) is 5.98. The molecule has 0 radical (unpaired) electrons. The van der Waals surface area contributed by atoms with E-state index in [2.05, 4.69) is 47.1 Å². The molecule has 1 amide bonds. The van der Waals surface area contributed by atoms with Gasteiger partial charge in [-0.3, -0.25) is 4.79 Å². The van der Waals surface area contributed by atoms with Crippen LogP contribution < -0.4 is 4.90 Å². The lowest BCUT2D eigenvalue weighted by Gasteiger charge is -2.32. The lowest BCUT2D eigenvalue weighted by molar-refractivity contribution is 0.0640.